The third-order valence-electron chi connectivity index (χ3n) is 1.20. The highest BCUT2D eigenvalue weighted by Crippen LogP contribution is 2.16. The highest BCUT2D eigenvalue weighted by atomic mass is 32.2. The Morgan fingerprint density at radius 2 is 1.91 bits per heavy atom. The maximum absolute atomic E-state index is 10.5. The summed E-state index contributed by atoms with van der Waals surface area (Å²) in [7, 11) is 0. The number of hydrogen-bond donors (Lipinski definition) is 0. The van der Waals surface area contributed by atoms with Crippen molar-refractivity contribution in [1.82, 2.24) is 4.31 Å². The molecule has 0 aromatic heterocycles. The fourth-order valence-electron chi connectivity index (χ4n) is 0.590. The van der Waals surface area contributed by atoms with Crippen molar-refractivity contribution in [3.05, 3.63) is 0 Å². The summed E-state index contributed by atoms with van der Waals surface area (Å²) in [6.45, 7) is 7.93. The fourth-order valence-corrected chi connectivity index (χ4v) is 2.43. The van der Waals surface area contributed by atoms with Gasteiger partial charge in [0.1, 0.15) is 0 Å². The van der Waals surface area contributed by atoms with Gasteiger partial charge in [0.05, 0.1) is 5.08 Å². The second kappa shape index (κ2) is 7.00. The van der Waals surface area contributed by atoms with E-state index in [1.165, 1.54) is 11.8 Å². The third-order valence-corrected chi connectivity index (χ3v) is 3.38. The van der Waals surface area contributed by atoms with E-state index in [0.717, 1.165) is 18.2 Å². The fraction of sp³-hybridized carbons (Fsp3) is 0.857. The Morgan fingerprint density at radius 1 is 1.36 bits per heavy atom. The van der Waals surface area contributed by atoms with Crippen molar-refractivity contribution in [1.29, 1.82) is 0 Å². The van der Waals surface area contributed by atoms with Crippen molar-refractivity contribution in [2.45, 2.75) is 20.8 Å². The van der Waals surface area contributed by atoms with Gasteiger partial charge in [-0.25, -0.2) is 0 Å². The molecule has 2 nitrogen and oxygen atoms in total. The third kappa shape index (κ3) is 6.72. The van der Waals surface area contributed by atoms with Crippen LogP contribution >= 0.6 is 23.7 Å². The summed E-state index contributed by atoms with van der Waals surface area (Å²) in [6, 6.07) is 0. The molecule has 0 unspecified atom stereocenters. The summed E-state index contributed by atoms with van der Waals surface area (Å²) in [4.78, 5) is 10.5. The summed E-state index contributed by atoms with van der Waals surface area (Å²) in [5.74, 6) is 0. The lowest BCUT2D eigenvalue weighted by molar-refractivity contribution is -0.109. The van der Waals surface area contributed by atoms with Crippen LogP contribution in [0.1, 0.15) is 20.8 Å². The topological polar surface area (TPSA) is 20.3 Å². The van der Waals surface area contributed by atoms with E-state index in [9.17, 15) is 4.79 Å². The zero-order valence-electron chi connectivity index (χ0n) is 7.29. The smallest absolute Gasteiger partial charge is 0.186 e. The first-order valence-corrected chi connectivity index (χ1v) is 5.64. The van der Waals surface area contributed by atoms with Crippen LogP contribution in [0.2, 0.25) is 0 Å². The quantitative estimate of drug-likeness (QED) is 0.492. The van der Waals surface area contributed by atoms with Gasteiger partial charge in [-0.1, -0.05) is 37.6 Å². The standard InChI is InChI=1S/C7H15NOS2/c1-4-8(5-2)11-6-10-7(3)9/h4-6H2,1-3H3. The van der Waals surface area contributed by atoms with Gasteiger partial charge in [0, 0.05) is 20.0 Å². The molecule has 0 radical (unpaired) electrons. The number of hydrogen-bond acceptors (Lipinski definition) is 4. The SMILES string of the molecule is CCN(CC)SCSC(C)=O. The van der Waals surface area contributed by atoms with Crippen molar-refractivity contribution in [3.8, 4) is 0 Å². The summed E-state index contributed by atoms with van der Waals surface area (Å²) in [5.41, 5.74) is 0. The Morgan fingerprint density at radius 3 is 2.27 bits per heavy atom. The lowest BCUT2D eigenvalue weighted by atomic mass is 10.7. The molecular weight excluding hydrogens is 178 g/mol. The van der Waals surface area contributed by atoms with Crippen molar-refractivity contribution in [2.24, 2.45) is 0 Å². The van der Waals surface area contributed by atoms with Crippen molar-refractivity contribution in [2.75, 3.05) is 18.2 Å². The van der Waals surface area contributed by atoms with Gasteiger partial charge < -0.3 is 0 Å². The molecule has 66 valence electrons. The molecule has 0 N–H and O–H groups in total. The Labute approximate surface area is 77.2 Å². The normalized spacial score (nSPS) is 10.5. The Balaban J connectivity index is 3.28. The van der Waals surface area contributed by atoms with E-state index in [2.05, 4.69) is 18.2 Å². The van der Waals surface area contributed by atoms with Gasteiger partial charge in [-0.15, -0.1) is 0 Å². The second-order valence-electron chi connectivity index (χ2n) is 2.00. The van der Waals surface area contributed by atoms with Crippen molar-refractivity contribution >= 4 is 28.8 Å². The molecule has 0 aliphatic heterocycles. The predicted octanol–water partition coefficient (Wildman–Crippen LogP) is 2.21. The largest absolute Gasteiger partial charge is 0.288 e. The molecule has 0 amide bonds. The minimum atomic E-state index is 0.199. The minimum absolute atomic E-state index is 0.199. The van der Waals surface area contributed by atoms with Crippen LogP contribution in [-0.4, -0.2) is 27.6 Å². The maximum Gasteiger partial charge on any atom is 0.186 e. The number of carbonyl (C=O) groups is 1. The van der Waals surface area contributed by atoms with E-state index in [1.807, 2.05) is 0 Å². The van der Waals surface area contributed by atoms with Crippen LogP contribution in [0.25, 0.3) is 0 Å². The molecule has 0 aliphatic carbocycles. The summed E-state index contributed by atoms with van der Waals surface area (Å²) in [6.07, 6.45) is 0. The number of nitrogens with zero attached hydrogens (tertiary/aromatic N) is 1. The molecule has 0 saturated carbocycles. The van der Waals surface area contributed by atoms with Crippen LogP contribution in [0, 0.1) is 0 Å². The highest BCUT2D eigenvalue weighted by molar-refractivity contribution is 8.23. The molecule has 0 rings (SSSR count). The van der Waals surface area contributed by atoms with Crippen LogP contribution < -0.4 is 0 Å². The molecule has 0 aromatic carbocycles. The summed E-state index contributed by atoms with van der Waals surface area (Å²) < 4.78 is 2.23. The highest BCUT2D eigenvalue weighted by Gasteiger charge is 2.00. The molecule has 0 aromatic rings. The first kappa shape index (κ1) is 11.3. The molecule has 0 bridgehead atoms. The van der Waals surface area contributed by atoms with E-state index in [4.69, 9.17) is 0 Å². The van der Waals surface area contributed by atoms with Crippen molar-refractivity contribution < 1.29 is 4.79 Å². The first-order valence-electron chi connectivity index (χ1n) is 3.71. The molecule has 0 saturated heterocycles. The molecule has 0 heterocycles. The number of rotatable bonds is 5. The molecular formula is C7H15NOS2. The summed E-state index contributed by atoms with van der Waals surface area (Å²) >= 11 is 3.10. The van der Waals surface area contributed by atoms with E-state index in [0.29, 0.717) is 0 Å². The van der Waals surface area contributed by atoms with E-state index in [-0.39, 0.29) is 5.12 Å². The number of carbonyl (C=O) groups excluding carboxylic acids is 1. The molecule has 0 fully saturated rings. The van der Waals surface area contributed by atoms with Gasteiger partial charge in [-0.05, 0) is 0 Å². The van der Waals surface area contributed by atoms with Gasteiger partial charge >= 0.3 is 0 Å². The van der Waals surface area contributed by atoms with Crippen molar-refractivity contribution in [3.63, 3.8) is 0 Å². The monoisotopic (exact) mass is 193 g/mol. The first-order chi connectivity index (χ1) is 5.20. The molecule has 0 spiro atoms. The predicted molar refractivity (Wildman–Crippen MR) is 53.7 cm³/mol. The Kier molecular flexibility index (Phi) is 7.22. The zero-order valence-corrected chi connectivity index (χ0v) is 8.93. The Bertz CT molecular complexity index is 115. The van der Waals surface area contributed by atoms with Crippen LogP contribution in [0.4, 0.5) is 0 Å². The Hall–Kier alpha value is 0.330. The zero-order chi connectivity index (χ0) is 8.69. The van der Waals surface area contributed by atoms with Gasteiger partial charge in [0.15, 0.2) is 5.12 Å². The van der Waals surface area contributed by atoms with Gasteiger partial charge in [-0.2, -0.15) is 0 Å². The summed E-state index contributed by atoms with van der Waals surface area (Å²) in [5, 5.41) is 1.04. The lowest BCUT2D eigenvalue weighted by Gasteiger charge is -2.15. The van der Waals surface area contributed by atoms with E-state index in [1.54, 1.807) is 18.9 Å². The van der Waals surface area contributed by atoms with Gasteiger partial charge in [-0.3, -0.25) is 9.10 Å². The number of thioether (sulfide) groups is 1. The van der Waals surface area contributed by atoms with Crippen LogP contribution in [-0.2, 0) is 4.79 Å². The average Bonchev–Trinajstić information content (AvgIpc) is 1.98. The molecule has 11 heavy (non-hydrogen) atoms. The van der Waals surface area contributed by atoms with Crippen LogP contribution in [0.5, 0.6) is 0 Å². The van der Waals surface area contributed by atoms with Gasteiger partial charge in [0.2, 0.25) is 0 Å². The van der Waals surface area contributed by atoms with Crippen LogP contribution in [0.3, 0.4) is 0 Å². The lowest BCUT2D eigenvalue weighted by Crippen LogP contribution is -2.14. The molecule has 4 heteroatoms. The van der Waals surface area contributed by atoms with Crippen LogP contribution in [0.15, 0.2) is 0 Å². The molecule has 0 aliphatic rings. The molecule has 0 atom stereocenters. The van der Waals surface area contributed by atoms with Gasteiger partial charge in [0.25, 0.3) is 0 Å². The second-order valence-corrected chi connectivity index (χ2v) is 4.58. The van der Waals surface area contributed by atoms with E-state index >= 15 is 0 Å². The average molecular weight is 193 g/mol. The minimum Gasteiger partial charge on any atom is -0.288 e. The van der Waals surface area contributed by atoms with E-state index < -0.39 is 0 Å². The maximum atomic E-state index is 10.5.